The van der Waals surface area contributed by atoms with Crippen molar-refractivity contribution in [3.8, 4) is 0 Å². The summed E-state index contributed by atoms with van der Waals surface area (Å²) in [7, 11) is 0. The van der Waals surface area contributed by atoms with Crippen LogP contribution in [0.1, 0.15) is 21.9 Å². The Balaban J connectivity index is 1.98. The molecule has 1 amide bonds. The molecule has 0 aliphatic carbocycles. The Bertz CT molecular complexity index is 552. The first-order chi connectivity index (χ1) is 8.66. The average Bonchev–Trinajstić information content (AvgIpc) is 2.89. The van der Waals surface area contributed by atoms with E-state index in [4.69, 9.17) is 18.0 Å². The first kappa shape index (κ1) is 12.1. The average molecular weight is 263 g/mol. The van der Waals surface area contributed by atoms with Gasteiger partial charge in [0.05, 0.1) is 6.54 Å². The molecule has 92 valence electrons. The minimum atomic E-state index is -0.339. The molecule has 7 nitrogen and oxygen atoms in total. The maximum atomic E-state index is 11.7. The Labute approximate surface area is 107 Å². The van der Waals surface area contributed by atoms with Gasteiger partial charge >= 0.3 is 0 Å². The third-order valence-electron chi connectivity index (χ3n) is 2.09. The Hall–Kier alpha value is -2.35. The van der Waals surface area contributed by atoms with Gasteiger partial charge < -0.3 is 15.6 Å². The topological polar surface area (TPSA) is 107 Å². The van der Waals surface area contributed by atoms with Gasteiger partial charge in [0.1, 0.15) is 10.7 Å². The molecule has 3 N–H and O–H groups in total. The minimum absolute atomic E-state index is 0.175. The minimum Gasteiger partial charge on any atom is -0.389 e. The molecule has 2 rings (SSSR count). The number of aromatic nitrogens is 3. The molecule has 0 saturated heterocycles. The van der Waals surface area contributed by atoms with Crippen LogP contribution in [0.3, 0.4) is 0 Å². The molecule has 0 aliphatic heterocycles. The Morgan fingerprint density at radius 2 is 2.28 bits per heavy atom. The molecule has 0 bridgehead atoms. The van der Waals surface area contributed by atoms with Crippen molar-refractivity contribution in [3.05, 3.63) is 41.8 Å². The molecule has 18 heavy (non-hydrogen) atoms. The number of carbonyl (C=O) groups excluding carboxylic acids is 1. The molecule has 0 atom stereocenters. The summed E-state index contributed by atoms with van der Waals surface area (Å²) in [6.45, 7) is 0.175. The van der Waals surface area contributed by atoms with E-state index in [1.807, 2.05) is 0 Å². The van der Waals surface area contributed by atoms with Crippen molar-refractivity contribution in [2.75, 3.05) is 0 Å². The normalized spacial score (nSPS) is 10.0. The van der Waals surface area contributed by atoms with E-state index in [1.165, 1.54) is 12.6 Å². The number of nitrogens with one attached hydrogen (secondary N) is 1. The molecule has 2 aromatic rings. The van der Waals surface area contributed by atoms with Crippen LogP contribution in [0.4, 0.5) is 0 Å². The van der Waals surface area contributed by atoms with E-state index in [2.05, 4.69) is 25.0 Å². The standard InChI is InChI=1S/C10H9N5O2S/c11-9(18)6-1-2-7(12-3-6)10(16)13-4-8-14-5-17-15-8/h1-3,5H,4H2,(H2,11,18)(H,13,16). The van der Waals surface area contributed by atoms with E-state index in [-0.39, 0.29) is 23.1 Å². The molecular weight excluding hydrogens is 254 g/mol. The van der Waals surface area contributed by atoms with E-state index in [1.54, 1.807) is 12.1 Å². The summed E-state index contributed by atoms with van der Waals surface area (Å²) in [4.78, 5) is 19.7. The molecule has 2 heterocycles. The van der Waals surface area contributed by atoms with Gasteiger partial charge in [0, 0.05) is 11.8 Å². The van der Waals surface area contributed by atoms with Crippen LogP contribution in [0.5, 0.6) is 0 Å². The van der Waals surface area contributed by atoms with Gasteiger partial charge in [-0.3, -0.25) is 9.78 Å². The van der Waals surface area contributed by atoms with Gasteiger partial charge in [-0.2, -0.15) is 4.98 Å². The largest absolute Gasteiger partial charge is 0.389 e. The monoisotopic (exact) mass is 263 g/mol. The fourth-order valence-corrected chi connectivity index (χ4v) is 1.31. The lowest BCUT2D eigenvalue weighted by Crippen LogP contribution is -2.24. The van der Waals surface area contributed by atoms with Crippen molar-refractivity contribution < 1.29 is 9.32 Å². The first-order valence-electron chi connectivity index (χ1n) is 4.96. The summed E-state index contributed by atoms with van der Waals surface area (Å²) in [5.74, 6) is 0.0531. The number of carbonyl (C=O) groups is 1. The predicted molar refractivity (Wildman–Crippen MR) is 65.6 cm³/mol. The second-order valence-electron chi connectivity index (χ2n) is 3.33. The smallest absolute Gasteiger partial charge is 0.270 e. The third kappa shape index (κ3) is 2.86. The second kappa shape index (κ2) is 5.32. The maximum absolute atomic E-state index is 11.7. The summed E-state index contributed by atoms with van der Waals surface area (Å²) < 4.78 is 4.54. The van der Waals surface area contributed by atoms with Crippen LogP contribution in [0.15, 0.2) is 29.2 Å². The van der Waals surface area contributed by atoms with Crippen LogP contribution in [-0.2, 0) is 6.54 Å². The van der Waals surface area contributed by atoms with Crippen molar-refractivity contribution in [2.45, 2.75) is 6.54 Å². The molecule has 0 aromatic carbocycles. The van der Waals surface area contributed by atoms with E-state index in [9.17, 15) is 4.79 Å². The maximum Gasteiger partial charge on any atom is 0.270 e. The van der Waals surface area contributed by atoms with Crippen molar-refractivity contribution >= 4 is 23.1 Å². The van der Waals surface area contributed by atoms with Gasteiger partial charge in [0.15, 0.2) is 5.82 Å². The Morgan fingerprint density at radius 3 is 2.83 bits per heavy atom. The summed E-state index contributed by atoms with van der Waals surface area (Å²) in [5, 5.41) is 6.16. The summed E-state index contributed by atoms with van der Waals surface area (Å²) >= 11 is 4.79. The number of nitrogens with two attached hydrogens (primary N) is 1. The number of hydrogen-bond acceptors (Lipinski definition) is 6. The highest BCUT2D eigenvalue weighted by atomic mass is 32.1. The summed E-state index contributed by atoms with van der Waals surface area (Å²) in [5.41, 5.74) is 6.30. The molecule has 8 heteroatoms. The Kier molecular flexibility index (Phi) is 3.58. The lowest BCUT2D eigenvalue weighted by Gasteiger charge is -2.02. The van der Waals surface area contributed by atoms with E-state index in [0.717, 1.165) is 0 Å². The third-order valence-corrected chi connectivity index (χ3v) is 2.33. The molecule has 0 fully saturated rings. The molecule has 0 spiro atoms. The van der Waals surface area contributed by atoms with Crippen molar-refractivity contribution in [3.63, 3.8) is 0 Å². The lowest BCUT2D eigenvalue weighted by molar-refractivity contribution is 0.0944. The molecule has 0 saturated carbocycles. The molecule has 0 aliphatic rings. The van der Waals surface area contributed by atoms with Gasteiger partial charge in [0.2, 0.25) is 6.39 Å². The van der Waals surface area contributed by atoms with Crippen molar-refractivity contribution in [1.82, 2.24) is 20.4 Å². The van der Waals surface area contributed by atoms with Crippen LogP contribution >= 0.6 is 12.2 Å². The van der Waals surface area contributed by atoms with Gasteiger partial charge in [-0.25, -0.2) is 0 Å². The fraction of sp³-hybridized carbons (Fsp3) is 0.100. The zero-order valence-electron chi connectivity index (χ0n) is 9.16. The number of amides is 1. The predicted octanol–water partition coefficient (Wildman–Crippen LogP) is 0.0288. The van der Waals surface area contributed by atoms with Crippen LogP contribution in [0.25, 0.3) is 0 Å². The van der Waals surface area contributed by atoms with Crippen LogP contribution < -0.4 is 11.1 Å². The molecular formula is C10H9N5O2S. The Morgan fingerprint density at radius 1 is 1.44 bits per heavy atom. The highest BCUT2D eigenvalue weighted by Crippen LogP contribution is 2.00. The van der Waals surface area contributed by atoms with Gasteiger partial charge in [-0.05, 0) is 12.1 Å². The highest BCUT2D eigenvalue weighted by Gasteiger charge is 2.08. The number of nitrogens with zero attached hydrogens (tertiary/aromatic N) is 3. The molecule has 0 radical (unpaired) electrons. The fourth-order valence-electron chi connectivity index (χ4n) is 1.19. The van der Waals surface area contributed by atoms with Crippen molar-refractivity contribution in [2.24, 2.45) is 5.73 Å². The van der Waals surface area contributed by atoms with Crippen LogP contribution in [0, 0.1) is 0 Å². The number of pyridine rings is 1. The summed E-state index contributed by atoms with van der Waals surface area (Å²) in [6.07, 6.45) is 2.64. The van der Waals surface area contributed by atoms with Crippen LogP contribution in [0.2, 0.25) is 0 Å². The van der Waals surface area contributed by atoms with Gasteiger partial charge in [0.25, 0.3) is 5.91 Å². The quantitative estimate of drug-likeness (QED) is 0.749. The number of rotatable bonds is 4. The van der Waals surface area contributed by atoms with Crippen molar-refractivity contribution in [1.29, 1.82) is 0 Å². The van der Waals surface area contributed by atoms with Gasteiger partial charge in [-0.15, -0.1) is 0 Å². The van der Waals surface area contributed by atoms with E-state index < -0.39 is 0 Å². The lowest BCUT2D eigenvalue weighted by atomic mass is 10.2. The number of hydrogen-bond donors (Lipinski definition) is 2. The first-order valence-corrected chi connectivity index (χ1v) is 5.37. The number of thiocarbonyl (C=S) groups is 1. The van der Waals surface area contributed by atoms with E-state index >= 15 is 0 Å². The van der Waals surface area contributed by atoms with E-state index in [0.29, 0.717) is 11.4 Å². The molecule has 0 unspecified atom stereocenters. The second-order valence-corrected chi connectivity index (χ2v) is 3.77. The summed E-state index contributed by atoms with van der Waals surface area (Å²) in [6, 6.07) is 3.18. The SMILES string of the molecule is NC(=S)c1ccc(C(=O)NCc2ncon2)nc1. The zero-order valence-corrected chi connectivity index (χ0v) is 9.98. The zero-order chi connectivity index (χ0) is 13.0. The van der Waals surface area contributed by atoms with Crippen LogP contribution in [-0.4, -0.2) is 26.0 Å². The molecule has 2 aromatic heterocycles. The highest BCUT2D eigenvalue weighted by molar-refractivity contribution is 7.80. The van der Waals surface area contributed by atoms with Gasteiger partial charge in [-0.1, -0.05) is 17.4 Å².